The van der Waals surface area contributed by atoms with Gasteiger partial charge in [0.15, 0.2) is 0 Å². The van der Waals surface area contributed by atoms with Crippen LogP contribution in [0, 0.1) is 27.6 Å². The monoisotopic (exact) mass is 254 g/mol. The molecule has 0 radical (unpaired) electrons. The molecule has 0 saturated heterocycles. The molecule has 0 fully saturated rings. The van der Waals surface area contributed by atoms with E-state index in [9.17, 15) is 0 Å². The Morgan fingerprint density at radius 3 is 1.33 bits per heavy atom. The van der Waals surface area contributed by atoms with E-state index < -0.39 is 0 Å². The largest absolute Gasteiger partial charge is 0.0651 e. The maximum Gasteiger partial charge on any atom is -0.0254 e. The van der Waals surface area contributed by atoms with Crippen LogP contribution in [0.4, 0.5) is 0 Å². The summed E-state index contributed by atoms with van der Waals surface area (Å²) in [5.41, 5.74) is 1.45. The van der Waals surface area contributed by atoms with Crippen molar-refractivity contribution in [3.63, 3.8) is 0 Å². The molecule has 0 heteroatoms. The summed E-state index contributed by atoms with van der Waals surface area (Å²) in [6.07, 6.45) is 2.60. The molecule has 0 N–H and O–H groups in total. The van der Waals surface area contributed by atoms with E-state index in [1.165, 1.54) is 12.8 Å². The fourth-order valence-electron chi connectivity index (χ4n) is 2.95. The van der Waals surface area contributed by atoms with Crippen LogP contribution in [0.1, 0.15) is 89.0 Å². The Bertz CT molecular complexity index is 255. The molecule has 1 unspecified atom stereocenters. The number of hydrogen-bond acceptors (Lipinski definition) is 0. The van der Waals surface area contributed by atoms with E-state index >= 15 is 0 Å². The summed E-state index contributed by atoms with van der Waals surface area (Å²) in [6.45, 7) is 26.5. The summed E-state index contributed by atoms with van der Waals surface area (Å²) in [5.74, 6) is 0.800. The van der Waals surface area contributed by atoms with Crippen molar-refractivity contribution in [3.8, 4) is 0 Å². The van der Waals surface area contributed by atoms with Crippen LogP contribution in [0.3, 0.4) is 0 Å². The first-order chi connectivity index (χ1) is 7.67. The van der Waals surface area contributed by atoms with Gasteiger partial charge in [-0.05, 0) is 34.0 Å². The van der Waals surface area contributed by atoms with Gasteiger partial charge in [0, 0.05) is 0 Å². The molecular formula is C18H38. The van der Waals surface area contributed by atoms with Gasteiger partial charge in [0.05, 0.1) is 0 Å². The van der Waals surface area contributed by atoms with Crippen molar-refractivity contribution >= 4 is 0 Å². The highest BCUT2D eigenvalue weighted by Crippen LogP contribution is 2.55. The third-order valence-electron chi connectivity index (χ3n) is 6.04. The SMILES string of the molecule is CCC(CC(C)(C)C(C)(C)C(C)(C)C)C(C)(C)C. The van der Waals surface area contributed by atoms with Gasteiger partial charge in [-0.15, -0.1) is 0 Å². The first-order valence-corrected chi connectivity index (χ1v) is 7.67. The zero-order valence-electron chi connectivity index (χ0n) is 15.0. The molecule has 18 heavy (non-hydrogen) atoms. The standard InChI is InChI=1S/C18H38/c1-12-14(15(2,3)4)13-17(8,9)18(10,11)16(5,6)7/h14H,12-13H2,1-11H3. The van der Waals surface area contributed by atoms with E-state index in [0.717, 1.165) is 5.92 Å². The molecule has 0 amide bonds. The fraction of sp³-hybridized carbons (Fsp3) is 1.00. The average Bonchev–Trinajstić information content (AvgIpc) is 2.10. The van der Waals surface area contributed by atoms with Gasteiger partial charge < -0.3 is 0 Å². The van der Waals surface area contributed by atoms with Gasteiger partial charge in [0.1, 0.15) is 0 Å². The highest BCUT2D eigenvalue weighted by Gasteiger charge is 2.46. The van der Waals surface area contributed by atoms with Gasteiger partial charge in [0.2, 0.25) is 0 Å². The Morgan fingerprint density at radius 2 is 1.11 bits per heavy atom. The van der Waals surface area contributed by atoms with Crippen LogP contribution in [0.5, 0.6) is 0 Å². The lowest BCUT2D eigenvalue weighted by molar-refractivity contribution is -0.0354. The van der Waals surface area contributed by atoms with Gasteiger partial charge >= 0.3 is 0 Å². The Kier molecular flexibility index (Phi) is 5.17. The molecule has 0 aliphatic heterocycles. The van der Waals surface area contributed by atoms with Crippen molar-refractivity contribution in [2.24, 2.45) is 27.6 Å². The maximum atomic E-state index is 2.46. The smallest absolute Gasteiger partial charge is 0.0254 e. The molecule has 0 spiro atoms. The fourth-order valence-corrected chi connectivity index (χ4v) is 2.95. The van der Waals surface area contributed by atoms with Crippen LogP contribution in [0.2, 0.25) is 0 Å². The second-order valence-electron chi connectivity index (χ2n) is 9.43. The Balaban J connectivity index is 5.18. The lowest BCUT2D eigenvalue weighted by atomic mass is 9.52. The molecule has 0 aliphatic carbocycles. The van der Waals surface area contributed by atoms with E-state index in [0.29, 0.717) is 21.7 Å². The highest BCUT2D eigenvalue weighted by molar-refractivity contribution is 4.96. The number of rotatable bonds is 4. The van der Waals surface area contributed by atoms with Gasteiger partial charge in [0.25, 0.3) is 0 Å². The molecule has 0 aliphatic rings. The second kappa shape index (κ2) is 5.17. The normalized spacial score (nSPS) is 16.8. The molecule has 0 aromatic heterocycles. The van der Waals surface area contributed by atoms with Crippen LogP contribution in [-0.2, 0) is 0 Å². The molecule has 0 heterocycles. The lowest BCUT2D eigenvalue weighted by Gasteiger charge is -2.53. The van der Waals surface area contributed by atoms with E-state index in [-0.39, 0.29) is 0 Å². The summed E-state index contributed by atoms with van der Waals surface area (Å²) < 4.78 is 0. The van der Waals surface area contributed by atoms with Crippen LogP contribution in [0.25, 0.3) is 0 Å². The van der Waals surface area contributed by atoms with Gasteiger partial charge in [-0.2, -0.15) is 0 Å². The minimum atomic E-state index is 0.332. The predicted octanol–water partition coefficient (Wildman–Crippen LogP) is 6.55. The predicted molar refractivity (Wildman–Crippen MR) is 84.9 cm³/mol. The van der Waals surface area contributed by atoms with E-state index in [1.807, 2.05) is 0 Å². The van der Waals surface area contributed by atoms with Crippen LogP contribution in [0.15, 0.2) is 0 Å². The Labute approximate surface area is 117 Å². The highest BCUT2D eigenvalue weighted by atomic mass is 14.5. The third-order valence-corrected chi connectivity index (χ3v) is 6.04. The summed E-state index contributed by atoms with van der Waals surface area (Å²) >= 11 is 0. The summed E-state index contributed by atoms with van der Waals surface area (Å²) in [7, 11) is 0. The quantitative estimate of drug-likeness (QED) is 0.534. The van der Waals surface area contributed by atoms with Gasteiger partial charge in [-0.25, -0.2) is 0 Å². The van der Waals surface area contributed by atoms with Crippen LogP contribution < -0.4 is 0 Å². The molecule has 0 aromatic carbocycles. The first-order valence-electron chi connectivity index (χ1n) is 7.67. The van der Waals surface area contributed by atoms with Crippen molar-refractivity contribution in [2.75, 3.05) is 0 Å². The molecule has 1 atom stereocenters. The van der Waals surface area contributed by atoms with Crippen LogP contribution in [-0.4, -0.2) is 0 Å². The minimum Gasteiger partial charge on any atom is -0.0651 e. The number of hydrogen-bond donors (Lipinski definition) is 0. The van der Waals surface area contributed by atoms with E-state index in [4.69, 9.17) is 0 Å². The average molecular weight is 255 g/mol. The van der Waals surface area contributed by atoms with Gasteiger partial charge in [-0.3, -0.25) is 0 Å². The minimum absolute atomic E-state index is 0.332. The van der Waals surface area contributed by atoms with Crippen LogP contribution >= 0.6 is 0 Å². The molecule has 0 aromatic rings. The van der Waals surface area contributed by atoms with E-state index in [2.05, 4.69) is 76.2 Å². The molecule has 0 bridgehead atoms. The van der Waals surface area contributed by atoms with Crippen molar-refractivity contribution in [1.82, 2.24) is 0 Å². The molecular weight excluding hydrogens is 216 g/mol. The lowest BCUT2D eigenvalue weighted by Crippen LogP contribution is -2.45. The summed E-state index contributed by atoms with van der Waals surface area (Å²) in [6, 6.07) is 0. The maximum absolute atomic E-state index is 2.46. The third kappa shape index (κ3) is 3.75. The summed E-state index contributed by atoms with van der Waals surface area (Å²) in [4.78, 5) is 0. The Morgan fingerprint density at radius 1 is 0.722 bits per heavy atom. The Hall–Kier alpha value is 0. The van der Waals surface area contributed by atoms with E-state index in [1.54, 1.807) is 0 Å². The zero-order chi connectivity index (χ0) is 15.0. The topological polar surface area (TPSA) is 0 Å². The first kappa shape index (κ1) is 18.0. The van der Waals surface area contributed by atoms with Gasteiger partial charge in [-0.1, -0.05) is 82.6 Å². The molecule has 0 nitrogen and oxygen atoms in total. The molecule has 0 rings (SSSR count). The van der Waals surface area contributed by atoms with Crippen molar-refractivity contribution < 1.29 is 0 Å². The second-order valence-corrected chi connectivity index (χ2v) is 9.43. The van der Waals surface area contributed by atoms with Crippen molar-refractivity contribution in [3.05, 3.63) is 0 Å². The van der Waals surface area contributed by atoms with Crippen molar-refractivity contribution in [2.45, 2.75) is 89.0 Å². The molecule has 110 valence electrons. The summed E-state index contributed by atoms with van der Waals surface area (Å²) in [5, 5.41) is 0. The zero-order valence-corrected chi connectivity index (χ0v) is 15.0. The van der Waals surface area contributed by atoms with Crippen molar-refractivity contribution in [1.29, 1.82) is 0 Å². The molecule has 0 saturated carbocycles.